The van der Waals surface area contributed by atoms with Crippen LogP contribution in [0.4, 0.5) is 0 Å². The van der Waals surface area contributed by atoms with E-state index >= 15 is 0 Å². The number of nitrogens with zero attached hydrogens (tertiary/aromatic N) is 2. The van der Waals surface area contributed by atoms with Crippen LogP contribution in [0.5, 0.6) is 5.75 Å². The number of ether oxygens (including phenoxy) is 1. The maximum absolute atomic E-state index is 13.5. The van der Waals surface area contributed by atoms with Crippen LogP contribution in [0.3, 0.4) is 0 Å². The van der Waals surface area contributed by atoms with Crippen LogP contribution in [-0.2, 0) is 16.0 Å². The summed E-state index contributed by atoms with van der Waals surface area (Å²) in [6.45, 7) is 8.12. The summed E-state index contributed by atoms with van der Waals surface area (Å²) < 4.78 is 6.12. The molecule has 172 valence electrons. The Hall–Kier alpha value is -2.34. The molecule has 0 unspecified atom stereocenters. The van der Waals surface area contributed by atoms with Gasteiger partial charge in [-0.2, -0.15) is 0 Å². The zero-order chi connectivity index (χ0) is 22.7. The minimum absolute atomic E-state index is 0.0251. The molecule has 1 aliphatic heterocycles. The number of carbonyl (C=O) groups is 2. The summed E-state index contributed by atoms with van der Waals surface area (Å²) in [7, 11) is 0. The fourth-order valence-electron chi connectivity index (χ4n) is 4.28. The van der Waals surface area contributed by atoms with Crippen molar-refractivity contribution in [2.24, 2.45) is 11.8 Å². The third-order valence-corrected chi connectivity index (χ3v) is 7.28. The van der Waals surface area contributed by atoms with Crippen LogP contribution in [0.1, 0.15) is 55.2 Å². The maximum Gasteiger partial charge on any atom is 0.242 e. The number of benzene rings is 1. The molecule has 1 saturated carbocycles. The second kappa shape index (κ2) is 10.1. The van der Waals surface area contributed by atoms with Crippen LogP contribution in [-0.4, -0.2) is 47.9 Å². The Kier molecular flexibility index (Phi) is 7.19. The van der Waals surface area contributed by atoms with Crippen LogP contribution < -0.4 is 4.74 Å². The number of hydrogen-bond acceptors (Lipinski definition) is 4. The second-order valence-corrected chi connectivity index (χ2v) is 10.6. The standard InChI is InChI=1S/C26H34N2O3S/c1-18(2)14-25(29)27(15-20-6-7-20)16-26(30)28-12-10-24-22(11-13-32-24)23(28)17-31-21-8-4-19(3)5-9-21/h4-5,8-9,11,13,18,20,23H,6-7,10,12,14-17H2,1-3H3/t23-/m1/s1. The van der Waals surface area contributed by atoms with Gasteiger partial charge in [0.05, 0.1) is 12.6 Å². The van der Waals surface area contributed by atoms with E-state index in [0.29, 0.717) is 38.0 Å². The molecule has 2 heterocycles. The van der Waals surface area contributed by atoms with Crippen LogP contribution in [0, 0.1) is 18.8 Å². The predicted octanol–water partition coefficient (Wildman–Crippen LogP) is 4.85. The first-order valence-electron chi connectivity index (χ1n) is 11.7. The molecule has 1 atom stereocenters. The van der Waals surface area contributed by atoms with Gasteiger partial charge in [0, 0.05) is 24.4 Å². The minimum Gasteiger partial charge on any atom is -0.491 e. The lowest BCUT2D eigenvalue weighted by Gasteiger charge is -2.37. The number of amides is 2. The van der Waals surface area contributed by atoms with E-state index in [0.717, 1.165) is 25.0 Å². The van der Waals surface area contributed by atoms with E-state index in [-0.39, 0.29) is 24.4 Å². The highest BCUT2D eigenvalue weighted by Crippen LogP contribution is 2.34. The molecular weight excluding hydrogens is 420 g/mol. The molecule has 0 radical (unpaired) electrons. The number of thiophene rings is 1. The van der Waals surface area contributed by atoms with Gasteiger partial charge in [-0.1, -0.05) is 31.5 Å². The normalized spacial score (nSPS) is 17.9. The van der Waals surface area contributed by atoms with Gasteiger partial charge in [0.1, 0.15) is 12.4 Å². The van der Waals surface area contributed by atoms with Crippen molar-refractivity contribution in [3.05, 3.63) is 51.7 Å². The molecule has 4 rings (SSSR count). The van der Waals surface area contributed by atoms with Gasteiger partial charge in [-0.15, -0.1) is 11.3 Å². The highest BCUT2D eigenvalue weighted by molar-refractivity contribution is 7.10. The first kappa shape index (κ1) is 22.8. The molecule has 1 aliphatic carbocycles. The van der Waals surface area contributed by atoms with Gasteiger partial charge in [0.15, 0.2) is 0 Å². The first-order chi connectivity index (χ1) is 15.4. The summed E-state index contributed by atoms with van der Waals surface area (Å²) in [6, 6.07) is 10.0. The van der Waals surface area contributed by atoms with Crippen molar-refractivity contribution >= 4 is 23.2 Å². The highest BCUT2D eigenvalue weighted by atomic mass is 32.1. The summed E-state index contributed by atoms with van der Waals surface area (Å²) in [6.07, 6.45) is 3.68. The maximum atomic E-state index is 13.5. The van der Waals surface area contributed by atoms with Crippen molar-refractivity contribution in [2.75, 3.05) is 26.2 Å². The molecule has 2 aliphatic rings. The summed E-state index contributed by atoms with van der Waals surface area (Å²) in [5, 5.41) is 2.10. The smallest absolute Gasteiger partial charge is 0.242 e. The van der Waals surface area contributed by atoms with Gasteiger partial charge in [-0.3, -0.25) is 9.59 Å². The van der Waals surface area contributed by atoms with Gasteiger partial charge in [0.2, 0.25) is 11.8 Å². The SMILES string of the molecule is Cc1ccc(OC[C@@H]2c3ccsc3CCN2C(=O)CN(CC2CC2)C(=O)CC(C)C)cc1. The summed E-state index contributed by atoms with van der Waals surface area (Å²) >= 11 is 1.75. The van der Waals surface area contributed by atoms with E-state index in [1.54, 1.807) is 16.2 Å². The molecule has 0 spiro atoms. The molecule has 2 aromatic rings. The quantitative estimate of drug-likeness (QED) is 0.544. The average Bonchev–Trinajstić information content (AvgIpc) is 3.44. The number of carbonyl (C=O) groups excluding carboxylic acids is 2. The zero-order valence-electron chi connectivity index (χ0n) is 19.4. The van der Waals surface area contributed by atoms with Crippen molar-refractivity contribution in [3.63, 3.8) is 0 Å². The Labute approximate surface area is 195 Å². The number of fused-ring (bicyclic) bond motifs is 1. The number of aryl methyl sites for hydroxylation is 1. The third-order valence-electron chi connectivity index (χ3n) is 6.28. The highest BCUT2D eigenvalue weighted by Gasteiger charge is 2.35. The summed E-state index contributed by atoms with van der Waals surface area (Å²) in [5.74, 6) is 1.79. The van der Waals surface area contributed by atoms with Crippen molar-refractivity contribution in [1.82, 2.24) is 9.80 Å². The van der Waals surface area contributed by atoms with Gasteiger partial charge in [-0.25, -0.2) is 0 Å². The van der Waals surface area contributed by atoms with Crippen molar-refractivity contribution in [3.8, 4) is 5.75 Å². The molecule has 0 bridgehead atoms. The van der Waals surface area contributed by atoms with E-state index in [9.17, 15) is 9.59 Å². The van der Waals surface area contributed by atoms with Crippen LogP contribution in [0.15, 0.2) is 35.7 Å². The Morgan fingerprint density at radius 3 is 2.62 bits per heavy atom. The molecule has 1 aromatic carbocycles. The Bertz CT molecular complexity index is 933. The van der Waals surface area contributed by atoms with E-state index in [4.69, 9.17) is 4.74 Å². The van der Waals surface area contributed by atoms with Gasteiger partial charge in [-0.05, 0) is 67.2 Å². The monoisotopic (exact) mass is 454 g/mol. The summed E-state index contributed by atoms with van der Waals surface area (Å²) in [4.78, 5) is 31.4. The molecule has 0 saturated heterocycles. The van der Waals surface area contributed by atoms with E-state index < -0.39 is 0 Å². The molecule has 5 nitrogen and oxygen atoms in total. The molecule has 1 aromatic heterocycles. The first-order valence-corrected chi connectivity index (χ1v) is 12.6. The molecular formula is C26H34N2O3S. The number of rotatable bonds is 9. The van der Waals surface area contributed by atoms with Gasteiger partial charge >= 0.3 is 0 Å². The second-order valence-electron chi connectivity index (χ2n) is 9.59. The van der Waals surface area contributed by atoms with Crippen molar-refractivity contribution in [1.29, 1.82) is 0 Å². The molecule has 1 fully saturated rings. The van der Waals surface area contributed by atoms with Gasteiger partial charge in [0.25, 0.3) is 0 Å². The molecule has 6 heteroatoms. The lowest BCUT2D eigenvalue weighted by atomic mass is 10.00. The molecule has 32 heavy (non-hydrogen) atoms. The minimum atomic E-state index is -0.123. The fourth-order valence-corrected chi connectivity index (χ4v) is 5.21. The Morgan fingerprint density at radius 1 is 1.19 bits per heavy atom. The fraction of sp³-hybridized carbons (Fsp3) is 0.538. The average molecular weight is 455 g/mol. The van der Waals surface area contributed by atoms with Crippen LogP contribution >= 0.6 is 11.3 Å². The van der Waals surface area contributed by atoms with Crippen LogP contribution in [0.25, 0.3) is 0 Å². The van der Waals surface area contributed by atoms with E-state index in [2.05, 4.69) is 32.2 Å². The lowest BCUT2D eigenvalue weighted by molar-refractivity contribution is -0.143. The van der Waals surface area contributed by atoms with E-state index in [1.807, 2.05) is 29.2 Å². The summed E-state index contributed by atoms with van der Waals surface area (Å²) in [5.41, 5.74) is 2.37. The van der Waals surface area contributed by atoms with Crippen LogP contribution in [0.2, 0.25) is 0 Å². The Morgan fingerprint density at radius 2 is 1.94 bits per heavy atom. The van der Waals surface area contributed by atoms with Gasteiger partial charge < -0.3 is 14.5 Å². The predicted molar refractivity (Wildman–Crippen MR) is 128 cm³/mol. The largest absolute Gasteiger partial charge is 0.491 e. The topological polar surface area (TPSA) is 49.9 Å². The number of hydrogen-bond donors (Lipinski definition) is 0. The zero-order valence-corrected chi connectivity index (χ0v) is 20.2. The molecule has 2 amide bonds. The van der Waals surface area contributed by atoms with E-state index in [1.165, 1.54) is 16.0 Å². The van der Waals surface area contributed by atoms with Crippen molar-refractivity contribution < 1.29 is 14.3 Å². The Balaban J connectivity index is 1.48. The lowest BCUT2D eigenvalue weighted by Crippen LogP contribution is -2.48. The third kappa shape index (κ3) is 5.71. The molecule has 0 N–H and O–H groups in total. The van der Waals surface area contributed by atoms with Crippen molar-refractivity contribution in [2.45, 2.75) is 52.5 Å².